The minimum absolute atomic E-state index is 0.0104. The number of nitrogens with zero attached hydrogens (tertiary/aromatic N) is 5. The van der Waals surface area contributed by atoms with Crippen molar-refractivity contribution in [2.75, 3.05) is 45.2 Å². The van der Waals surface area contributed by atoms with Gasteiger partial charge in [-0.3, -0.25) is 4.79 Å². The van der Waals surface area contributed by atoms with Gasteiger partial charge in [0.2, 0.25) is 5.91 Å². The van der Waals surface area contributed by atoms with Crippen LogP contribution in [0.5, 0.6) is 11.8 Å². The highest BCUT2D eigenvalue weighted by Crippen LogP contribution is 2.41. The second-order valence-electron chi connectivity index (χ2n) is 10.6. The molecule has 3 aromatic rings. The van der Waals surface area contributed by atoms with Gasteiger partial charge < -0.3 is 24.5 Å². The first kappa shape index (κ1) is 28.3. The summed E-state index contributed by atoms with van der Waals surface area (Å²) < 4.78 is 22.4. The maximum Gasteiger partial charge on any atom is 0.319 e. The third kappa shape index (κ3) is 5.68. The Balaban J connectivity index is 1.86. The minimum Gasteiger partial charge on any atom is -0.507 e. The molecular formula is C30H38FN5O3. The summed E-state index contributed by atoms with van der Waals surface area (Å²) in [7, 11) is 3.98. The molecule has 0 unspecified atom stereocenters. The van der Waals surface area contributed by atoms with Crippen molar-refractivity contribution < 1.29 is 19.0 Å². The summed E-state index contributed by atoms with van der Waals surface area (Å²) in [6, 6.07) is 6.93. The lowest BCUT2D eigenvalue weighted by molar-refractivity contribution is -0.128. The van der Waals surface area contributed by atoms with Crippen molar-refractivity contribution in [3.63, 3.8) is 0 Å². The van der Waals surface area contributed by atoms with Gasteiger partial charge in [-0.15, -0.1) is 0 Å². The Morgan fingerprint density at radius 1 is 1.18 bits per heavy atom. The summed E-state index contributed by atoms with van der Waals surface area (Å²) in [5, 5.41) is 11.2. The number of aromatic nitrogens is 2. The molecule has 1 aliphatic heterocycles. The van der Waals surface area contributed by atoms with Crippen LogP contribution >= 0.6 is 0 Å². The number of anilines is 1. The van der Waals surface area contributed by atoms with E-state index in [1.54, 1.807) is 17.0 Å². The second kappa shape index (κ2) is 11.6. The van der Waals surface area contributed by atoms with E-state index in [9.17, 15) is 9.90 Å². The van der Waals surface area contributed by atoms with E-state index in [1.807, 2.05) is 53.9 Å². The van der Waals surface area contributed by atoms with Crippen molar-refractivity contribution in [1.29, 1.82) is 0 Å². The van der Waals surface area contributed by atoms with Gasteiger partial charge in [-0.2, -0.15) is 9.97 Å². The Bertz CT molecular complexity index is 1370. The number of phenolic OH excluding ortho intramolecular Hbond substituents is 1. The fourth-order valence-corrected chi connectivity index (χ4v) is 5.28. The van der Waals surface area contributed by atoms with Crippen LogP contribution in [0.1, 0.15) is 31.4 Å². The molecular weight excluding hydrogens is 497 g/mol. The smallest absolute Gasteiger partial charge is 0.319 e. The number of hydrogen-bond donors (Lipinski definition) is 1. The summed E-state index contributed by atoms with van der Waals surface area (Å²) in [6.07, 6.45) is 2.10. The van der Waals surface area contributed by atoms with Gasteiger partial charge in [0.05, 0.1) is 6.61 Å². The van der Waals surface area contributed by atoms with Crippen LogP contribution in [0.15, 0.2) is 36.9 Å². The molecule has 2 atom stereocenters. The van der Waals surface area contributed by atoms with Gasteiger partial charge in [-0.1, -0.05) is 18.7 Å². The number of halogens is 1. The van der Waals surface area contributed by atoms with E-state index in [0.29, 0.717) is 47.6 Å². The molecule has 1 aromatic heterocycles. The SMILES string of the molecule is C=CC(=O)N1C[C@H](C)N(c2nc(OCCCN(C)C)nc3c(F)c(-c4c(C)cccc4O)c(C)cc23)C[C@H]1C. The number of carbonyl (C=O) groups is 1. The molecule has 2 heterocycles. The number of hydrogen-bond acceptors (Lipinski definition) is 7. The molecule has 39 heavy (non-hydrogen) atoms. The number of phenols is 1. The van der Waals surface area contributed by atoms with E-state index >= 15 is 4.39 Å². The van der Waals surface area contributed by atoms with Gasteiger partial charge in [0.25, 0.3) is 0 Å². The Morgan fingerprint density at radius 2 is 1.92 bits per heavy atom. The van der Waals surface area contributed by atoms with E-state index in [2.05, 4.69) is 21.4 Å². The van der Waals surface area contributed by atoms with Crippen LogP contribution < -0.4 is 9.64 Å². The Hall–Kier alpha value is -3.72. The molecule has 0 radical (unpaired) electrons. The average Bonchev–Trinajstić information content (AvgIpc) is 2.88. The van der Waals surface area contributed by atoms with Gasteiger partial charge in [0.1, 0.15) is 17.1 Å². The van der Waals surface area contributed by atoms with Crippen LogP contribution in [-0.4, -0.2) is 83.2 Å². The van der Waals surface area contributed by atoms with Crippen molar-refractivity contribution in [2.24, 2.45) is 0 Å². The number of ether oxygens (including phenoxy) is 1. The van der Waals surface area contributed by atoms with Gasteiger partial charge >= 0.3 is 6.01 Å². The van der Waals surface area contributed by atoms with Crippen LogP contribution in [0.2, 0.25) is 0 Å². The molecule has 208 valence electrons. The summed E-state index contributed by atoms with van der Waals surface area (Å²) in [5.74, 6) is -0.0694. The van der Waals surface area contributed by atoms with Crippen LogP contribution in [0, 0.1) is 19.7 Å². The lowest BCUT2D eigenvalue weighted by Crippen LogP contribution is -2.58. The summed E-state index contributed by atoms with van der Waals surface area (Å²) in [5.41, 5.74) is 2.31. The number of aryl methyl sites for hydroxylation is 2. The highest BCUT2D eigenvalue weighted by atomic mass is 19.1. The Morgan fingerprint density at radius 3 is 2.59 bits per heavy atom. The number of fused-ring (bicyclic) bond motifs is 1. The predicted octanol–water partition coefficient (Wildman–Crippen LogP) is 4.70. The lowest BCUT2D eigenvalue weighted by atomic mass is 9.93. The van der Waals surface area contributed by atoms with E-state index in [0.717, 1.165) is 18.5 Å². The largest absolute Gasteiger partial charge is 0.507 e. The molecule has 4 rings (SSSR count). The fourth-order valence-electron chi connectivity index (χ4n) is 5.28. The third-order valence-corrected chi connectivity index (χ3v) is 7.28. The quantitative estimate of drug-likeness (QED) is 0.331. The molecule has 8 nitrogen and oxygen atoms in total. The summed E-state index contributed by atoms with van der Waals surface area (Å²) in [4.78, 5) is 27.7. The first-order valence-electron chi connectivity index (χ1n) is 13.3. The molecule has 0 aliphatic carbocycles. The molecule has 2 aromatic carbocycles. The Kier molecular flexibility index (Phi) is 8.39. The number of amides is 1. The summed E-state index contributed by atoms with van der Waals surface area (Å²) >= 11 is 0. The van der Waals surface area contributed by atoms with E-state index in [1.165, 1.54) is 6.08 Å². The van der Waals surface area contributed by atoms with Crippen LogP contribution in [0.3, 0.4) is 0 Å². The van der Waals surface area contributed by atoms with Gasteiger partial charge in [-0.05, 0) is 77.5 Å². The van der Waals surface area contributed by atoms with Crippen molar-refractivity contribution >= 4 is 22.6 Å². The number of aromatic hydroxyl groups is 1. The van der Waals surface area contributed by atoms with Crippen molar-refractivity contribution in [2.45, 2.75) is 46.2 Å². The topological polar surface area (TPSA) is 82.0 Å². The number of piperazine rings is 1. The number of carbonyl (C=O) groups excluding carboxylic acids is 1. The van der Waals surface area contributed by atoms with Crippen molar-refractivity contribution in [3.8, 4) is 22.9 Å². The first-order chi connectivity index (χ1) is 18.5. The molecule has 0 spiro atoms. The maximum atomic E-state index is 16.4. The van der Waals surface area contributed by atoms with Gasteiger partial charge in [0, 0.05) is 48.2 Å². The highest BCUT2D eigenvalue weighted by Gasteiger charge is 2.34. The molecule has 1 saturated heterocycles. The molecule has 1 amide bonds. The van der Waals surface area contributed by atoms with Crippen LogP contribution in [0.4, 0.5) is 10.2 Å². The zero-order valence-corrected chi connectivity index (χ0v) is 23.7. The van der Waals surface area contributed by atoms with Crippen LogP contribution in [0.25, 0.3) is 22.0 Å². The molecule has 1 N–H and O–H groups in total. The fraction of sp³-hybridized carbons (Fsp3) is 0.433. The first-order valence-corrected chi connectivity index (χ1v) is 13.3. The zero-order valence-electron chi connectivity index (χ0n) is 23.7. The normalized spacial score (nSPS) is 17.6. The molecule has 9 heteroatoms. The predicted molar refractivity (Wildman–Crippen MR) is 153 cm³/mol. The highest BCUT2D eigenvalue weighted by molar-refractivity contribution is 5.96. The average molecular weight is 536 g/mol. The standard InChI is InChI=1S/C30H38FN5O3/c1-8-24(38)35-16-21(5)36(17-20(35)4)29-22-15-19(3)26(25-18(2)11-9-12-23(25)37)27(31)28(22)32-30(33-29)39-14-10-13-34(6)7/h8-9,11-12,15,20-21,37H,1,10,13-14,16-17H2,2-7H3/t20-,21+/m1/s1. The molecule has 1 aliphatic rings. The maximum absolute atomic E-state index is 16.4. The second-order valence-corrected chi connectivity index (χ2v) is 10.6. The molecule has 1 fully saturated rings. The molecule has 0 saturated carbocycles. The van der Waals surface area contributed by atoms with E-state index in [-0.39, 0.29) is 35.3 Å². The summed E-state index contributed by atoms with van der Waals surface area (Å²) in [6.45, 7) is 13.5. The zero-order chi connectivity index (χ0) is 28.4. The molecule has 0 bridgehead atoms. The number of benzene rings is 2. The van der Waals surface area contributed by atoms with E-state index < -0.39 is 5.82 Å². The van der Waals surface area contributed by atoms with Gasteiger partial charge in [-0.25, -0.2) is 4.39 Å². The van der Waals surface area contributed by atoms with Crippen LogP contribution in [-0.2, 0) is 4.79 Å². The number of rotatable bonds is 8. The van der Waals surface area contributed by atoms with Crippen molar-refractivity contribution in [1.82, 2.24) is 19.8 Å². The third-order valence-electron chi connectivity index (χ3n) is 7.28. The monoisotopic (exact) mass is 535 g/mol. The lowest BCUT2D eigenvalue weighted by Gasteiger charge is -2.44. The minimum atomic E-state index is -0.530. The Labute approximate surface area is 229 Å². The van der Waals surface area contributed by atoms with E-state index in [4.69, 9.17) is 9.72 Å². The van der Waals surface area contributed by atoms with Gasteiger partial charge in [0.15, 0.2) is 5.82 Å². The van der Waals surface area contributed by atoms with Crippen molar-refractivity contribution in [3.05, 3.63) is 53.9 Å².